The maximum Gasteiger partial charge on any atom is 0.136 e. The molecule has 0 saturated heterocycles. The molecule has 0 aliphatic rings. The molecule has 0 aromatic carbocycles. The minimum absolute atomic E-state index is 0.615. The van der Waals surface area contributed by atoms with Crippen LogP contribution in [0.25, 0.3) is 10.6 Å². The lowest BCUT2D eigenvalue weighted by molar-refractivity contribution is 0.782. The maximum absolute atomic E-state index is 5.85. The first kappa shape index (κ1) is 10.0. The Hall–Kier alpha value is -0.520. The highest BCUT2D eigenvalue weighted by Gasteiger charge is 2.14. The van der Waals surface area contributed by atoms with Crippen LogP contribution >= 0.6 is 38.9 Å². The van der Waals surface area contributed by atoms with Crippen molar-refractivity contribution in [2.24, 2.45) is 7.05 Å². The van der Waals surface area contributed by atoms with Crippen molar-refractivity contribution in [3.8, 4) is 10.6 Å². The van der Waals surface area contributed by atoms with Gasteiger partial charge in [-0.1, -0.05) is 11.6 Å². The molecule has 0 atom stereocenters. The van der Waals surface area contributed by atoms with Crippen LogP contribution in [-0.2, 0) is 7.05 Å². The lowest BCUT2D eigenvalue weighted by Crippen LogP contribution is -1.96. The highest BCUT2D eigenvalue weighted by molar-refractivity contribution is 9.10. The number of hydrogen-bond donors (Lipinski definition) is 1. The van der Waals surface area contributed by atoms with Crippen molar-refractivity contribution in [2.45, 2.75) is 0 Å². The third-order valence-electron chi connectivity index (χ3n) is 1.84. The zero-order valence-corrected chi connectivity index (χ0v) is 10.4. The number of rotatable bonds is 1. The van der Waals surface area contributed by atoms with E-state index in [0.717, 1.165) is 19.4 Å². The highest BCUT2D eigenvalue weighted by Crippen LogP contribution is 2.36. The van der Waals surface area contributed by atoms with Gasteiger partial charge in [0.25, 0.3) is 0 Å². The summed E-state index contributed by atoms with van der Waals surface area (Å²) in [5, 5.41) is 4.29. The molecule has 0 amide bonds. The zero-order valence-electron chi connectivity index (χ0n) is 7.29. The summed E-state index contributed by atoms with van der Waals surface area (Å²) in [6, 6.07) is 3.78. The molecule has 74 valence electrons. The van der Waals surface area contributed by atoms with Crippen LogP contribution in [0.3, 0.4) is 0 Å². The predicted molar refractivity (Wildman–Crippen MR) is 63.6 cm³/mol. The molecule has 2 heterocycles. The Bertz CT molecular complexity index is 477. The van der Waals surface area contributed by atoms with Gasteiger partial charge in [-0.2, -0.15) is 5.10 Å². The molecule has 2 N–H and O–H groups in total. The maximum atomic E-state index is 5.85. The molecule has 0 saturated carbocycles. The number of aryl methyl sites for hydroxylation is 1. The van der Waals surface area contributed by atoms with Gasteiger partial charge < -0.3 is 5.73 Å². The molecule has 2 aromatic rings. The quantitative estimate of drug-likeness (QED) is 0.877. The number of aromatic nitrogens is 2. The fourth-order valence-electron chi connectivity index (χ4n) is 1.11. The van der Waals surface area contributed by atoms with Crippen LogP contribution in [0, 0.1) is 0 Å². The van der Waals surface area contributed by atoms with E-state index in [9.17, 15) is 0 Å². The van der Waals surface area contributed by atoms with Crippen LogP contribution in [0.1, 0.15) is 0 Å². The molecule has 0 aliphatic heterocycles. The summed E-state index contributed by atoms with van der Waals surface area (Å²) in [5.41, 5.74) is 6.61. The zero-order chi connectivity index (χ0) is 10.3. The van der Waals surface area contributed by atoms with Gasteiger partial charge in [0.2, 0.25) is 0 Å². The van der Waals surface area contributed by atoms with E-state index in [-0.39, 0.29) is 0 Å². The Kier molecular flexibility index (Phi) is 2.55. The molecular formula is C8H7BrClN3S. The Labute approximate surface area is 98.6 Å². The Morgan fingerprint density at radius 1 is 1.57 bits per heavy atom. The number of anilines is 1. The van der Waals surface area contributed by atoms with Gasteiger partial charge in [-0.05, 0) is 28.1 Å². The van der Waals surface area contributed by atoms with Crippen LogP contribution in [0.15, 0.2) is 16.6 Å². The Balaban J connectivity index is 2.57. The Morgan fingerprint density at radius 3 is 2.71 bits per heavy atom. The van der Waals surface area contributed by atoms with Gasteiger partial charge in [-0.3, -0.25) is 4.68 Å². The first-order valence-corrected chi connectivity index (χ1v) is 5.82. The summed E-state index contributed by atoms with van der Waals surface area (Å²) in [6.45, 7) is 0. The minimum Gasteiger partial charge on any atom is -0.383 e. The van der Waals surface area contributed by atoms with Crippen molar-refractivity contribution in [3.63, 3.8) is 0 Å². The number of halogens is 2. The minimum atomic E-state index is 0.615. The number of thiophene rings is 1. The standard InChI is InChI=1S/C8H7BrClN3S/c1-13-8(11)6(9)7(12-13)4-2-3-5(10)14-4/h2-3H,11H2,1H3. The van der Waals surface area contributed by atoms with E-state index in [2.05, 4.69) is 21.0 Å². The third-order valence-corrected chi connectivity index (χ3v) is 3.86. The summed E-state index contributed by atoms with van der Waals surface area (Å²) in [5.74, 6) is 0.615. The molecule has 14 heavy (non-hydrogen) atoms. The average Bonchev–Trinajstić information content (AvgIpc) is 2.66. The Morgan fingerprint density at radius 2 is 2.29 bits per heavy atom. The van der Waals surface area contributed by atoms with Gasteiger partial charge in [0.05, 0.1) is 13.7 Å². The van der Waals surface area contributed by atoms with Crippen LogP contribution in [-0.4, -0.2) is 9.78 Å². The van der Waals surface area contributed by atoms with Gasteiger partial charge in [-0.15, -0.1) is 11.3 Å². The molecule has 0 aliphatic carbocycles. The van der Waals surface area contributed by atoms with E-state index in [1.807, 2.05) is 12.1 Å². The van der Waals surface area contributed by atoms with E-state index >= 15 is 0 Å². The molecule has 0 bridgehead atoms. The van der Waals surface area contributed by atoms with Crippen molar-refractivity contribution in [3.05, 3.63) is 20.9 Å². The summed E-state index contributed by atoms with van der Waals surface area (Å²) in [4.78, 5) is 1.01. The van der Waals surface area contributed by atoms with Crippen molar-refractivity contribution in [2.75, 3.05) is 5.73 Å². The largest absolute Gasteiger partial charge is 0.383 e. The van der Waals surface area contributed by atoms with Crippen LogP contribution < -0.4 is 5.73 Å². The SMILES string of the molecule is Cn1nc(-c2ccc(Cl)s2)c(Br)c1N. The third kappa shape index (κ3) is 1.55. The van der Waals surface area contributed by atoms with E-state index in [1.54, 1.807) is 11.7 Å². The second-order valence-electron chi connectivity index (χ2n) is 2.78. The molecule has 0 spiro atoms. The molecular weight excluding hydrogens is 286 g/mol. The first-order chi connectivity index (χ1) is 6.59. The van der Waals surface area contributed by atoms with Gasteiger partial charge in [-0.25, -0.2) is 0 Å². The van der Waals surface area contributed by atoms with Crippen molar-refractivity contribution >= 4 is 44.7 Å². The fourth-order valence-corrected chi connectivity index (χ4v) is 2.83. The van der Waals surface area contributed by atoms with Gasteiger partial charge in [0, 0.05) is 7.05 Å². The van der Waals surface area contributed by atoms with Crippen LogP contribution in [0.2, 0.25) is 4.34 Å². The van der Waals surface area contributed by atoms with Crippen molar-refractivity contribution in [1.82, 2.24) is 9.78 Å². The summed E-state index contributed by atoms with van der Waals surface area (Å²) in [6.07, 6.45) is 0. The van der Waals surface area contributed by atoms with Gasteiger partial charge in [0.1, 0.15) is 11.5 Å². The summed E-state index contributed by atoms with van der Waals surface area (Å²) < 4.78 is 3.20. The molecule has 0 unspecified atom stereocenters. The topological polar surface area (TPSA) is 43.8 Å². The van der Waals surface area contributed by atoms with Gasteiger partial charge >= 0.3 is 0 Å². The summed E-state index contributed by atoms with van der Waals surface area (Å²) >= 11 is 10.7. The molecule has 0 fully saturated rings. The fraction of sp³-hybridized carbons (Fsp3) is 0.125. The number of nitrogen functional groups attached to an aromatic ring is 1. The monoisotopic (exact) mass is 291 g/mol. The lowest BCUT2D eigenvalue weighted by atomic mass is 10.3. The molecule has 2 aromatic heterocycles. The van der Waals surface area contributed by atoms with Crippen molar-refractivity contribution < 1.29 is 0 Å². The van der Waals surface area contributed by atoms with Gasteiger partial charge in [0.15, 0.2) is 0 Å². The number of nitrogens with zero attached hydrogens (tertiary/aromatic N) is 2. The average molecular weight is 293 g/mol. The van der Waals surface area contributed by atoms with E-state index in [1.165, 1.54) is 11.3 Å². The predicted octanol–water partition coefficient (Wildman–Crippen LogP) is 3.15. The van der Waals surface area contributed by atoms with E-state index in [4.69, 9.17) is 17.3 Å². The smallest absolute Gasteiger partial charge is 0.136 e. The van der Waals surface area contributed by atoms with E-state index in [0.29, 0.717) is 5.82 Å². The normalized spacial score (nSPS) is 10.8. The number of nitrogens with two attached hydrogens (primary N) is 1. The lowest BCUT2D eigenvalue weighted by Gasteiger charge is -1.90. The van der Waals surface area contributed by atoms with E-state index < -0.39 is 0 Å². The molecule has 3 nitrogen and oxygen atoms in total. The molecule has 2 rings (SSSR count). The summed E-state index contributed by atoms with van der Waals surface area (Å²) in [7, 11) is 1.80. The first-order valence-electron chi connectivity index (χ1n) is 3.83. The molecule has 6 heteroatoms. The number of hydrogen-bond acceptors (Lipinski definition) is 3. The van der Waals surface area contributed by atoms with Crippen LogP contribution in [0.4, 0.5) is 5.82 Å². The second-order valence-corrected chi connectivity index (χ2v) is 5.28. The van der Waals surface area contributed by atoms with Crippen LogP contribution in [0.5, 0.6) is 0 Å². The second kappa shape index (κ2) is 3.56. The van der Waals surface area contributed by atoms with Crippen molar-refractivity contribution in [1.29, 1.82) is 0 Å². The molecule has 0 radical (unpaired) electrons. The highest BCUT2D eigenvalue weighted by atomic mass is 79.9.